The molecule has 0 unspecified atom stereocenters. The van der Waals surface area contributed by atoms with Crippen molar-refractivity contribution in [1.29, 1.82) is 0 Å². The van der Waals surface area contributed by atoms with Crippen LogP contribution in [0.25, 0.3) is 0 Å². The summed E-state index contributed by atoms with van der Waals surface area (Å²) in [6, 6.07) is 3.39. The van der Waals surface area contributed by atoms with E-state index in [-0.39, 0.29) is 18.1 Å². The molecule has 1 aromatic rings. The number of hydrogen-bond acceptors (Lipinski definition) is 5. The molecule has 5 nitrogen and oxygen atoms in total. The zero-order valence-electron chi connectivity index (χ0n) is 12.4. The highest BCUT2D eigenvalue weighted by molar-refractivity contribution is 7.91. The molecule has 1 aromatic carbocycles. The first-order valence-corrected chi connectivity index (χ1v) is 9.03. The van der Waals surface area contributed by atoms with Gasteiger partial charge >= 0.3 is 0 Å². The van der Waals surface area contributed by atoms with Crippen molar-refractivity contribution in [3.05, 3.63) is 22.7 Å². The number of nitrogens with two attached hydrogens (primary N) is 1. The van der Waals surface area contributed by atoms with E-state index < -0.39 is 9.84 Å². The Morgan fingerprint density at radius 1 is 1.29 bits per heavy atom. The fraction of sp³-hybridized carbons (Fsp3) is 0.571. The summed E-state index contributed by atoms with van der Waals surface area (Å²) in [7, 11) is -1.56. The summed E-state index contributed by atoms with van der Waals surface area (Å²) in [5, 5.41) is 0.529. The molecule has 1 rings (SSSR count). The third-order valence-corrected chi connectivity index (χ3v) is 4.92. The van der Waals surface area contributed by atoms with Crippen LogP contribution in [0.4, 0.5) is 0 Å². The minimum atomic E-state index is -3.07. The number of hydrogen-bond donors (Lipinski definition) is 1. The Morgan fingerprint density at radius 2 is 2.00 bits per heavy atom. The lowest BCUT2D eigenvalue weighted by atomic mass is 10.1. The predicted molar refractivity (Wildman–Crippen MR) is 85.2 cm³/mol. The van der Waals surface area contributed by atoms with Gasteiger partial charge in [-0.3, -0.25) is 0 Å². The van der Waals surface area contributed by atoms with Crippen LogP contribution in [0.15, 0.2) is 12.1 Å². The average molecular weight is 336 g/mol. The van der Waals surface area contributed by atoms with Crippen molar-refractivity contribution < 1.29 is 17.9 Å². The standard InChI is InChI=1S/C14H22ClNO4S/c1-3-7-21(17,18)8-6-20-14-11(4-5-16)9-12(15)10-13(14)19-2/h9-10H,3-8,16H2,1-2H3. The number of rotatable bonds is 9. The molecule has 0 saturated carbocycles. The third kappa shape index (κ3) is 5.73. The molecule has 0 saturated heterocycles. The summed E-state index contributed by atoms with van der Waals surface area (Å²) in [5.74, 6) is 1.15. The molecule has 0 fully saturated rings. The summed E-state index contributed by atoms with van der Waals surface area (Å²) in [6.45, 7) is 2.35. The topological polar surface area (TPSA) is 78.6 Å². The van der Waals surface area contributed by atoms with E-state index >= 15 is 0 Å². The molecule has 0 heterocycles. The van der Waals surface area contributed by atoms with E-state index in [4.69, 9.17) is 26.8 Å². The van der Waals surface area contributed by atoms with E-state index in [1.807, 2.05) is 6.92 Å². The van der Waals surface area contributed by atoms with Crippen molar-refractivity contribution in [1.82, 2.24) is 0 Å². The van der Waals surface area contributed by atoms with Gasteiger partial charge in [-0.25, -0.2) is 8.42 Å². The molecule has 0 atom stereocenters. The highest BCUT2D eigenvalue weighted by Crippen LogP contribution is 2.35. The number of benzene rings is 1. The van der Waals surface area contributed by atoms with Gasteiger partial charge in [0.05, 0.1) is 18.6 Å². The summed E-state index contributed by atoms with van der Waals surface area (Å²) >= 11 is 6.01. The lowest BCUT2D eigenvalue weighted by molar-refractivity contribution is 0.308. The Balaban J connectivity index is 2.86. The van der Waals surface area contributed by atoms with Gasteiger partial charge in [-0.05, 0) is 25.5 Å². The van der Waals surface area contributed by atoms with Crippen molar-refractivity contribution in [3.8, 4) is 11.5 Å². The largest absolute Gasteiger partial charge is 0.493 e. The highest BCUT2D eigenvalue weighted by atomic mass is 35.5. The van der Waals surface area contributed by atoms with Gasteiger partial charge in [0.25, 0.3) is 0 Å². The van der Waals surface area contributed by atoms with Crippen molar-refractivity contribution in [2.24, 2.45) is 5.73 Å². The molecule has 21 heavy (non-hydrogen) atoms. The van der Waals surface area contributed by atoms with Gasteiger partial charge in [0, 0.05) is 16.7 Å². The van der Waals surface area contributed by atoms with Crippen molar-refractivity contribution in [2.75, 3.05) is 31.8 Å². The smallest absolute Gasteiger partial charge is 0.164 e. The molecule has 0 aliphatic carbocycles. The molecular formula is C14H22ClNO4S. The SMILES string of the molecule is CCCS(=O)(=O)CCOc1c(CCN)cc(Cl)cc1OC. The molecule has 0 radical (unpaired) electrons. The lowest BCUT2D eigenvalue weighted by Gasteiger charge is -2.15. The monoisotopic (exact) mass is 335 g/mol. The summed E-state index contributed by atoms with van der Waals surface area (Å²) in [5.41, 5.74) is 6.39. The minimum absolute atomic E-state index is 0.0192. The van der Waals surface area contributed by atoms with Gasteiger partial charge < -0.3 is 15.2 Å². The minimum Gasteiger partial charge on any atom is -0.493 e. The van der Waals surface area contributed by atoms with Crippen molar-refractivity contribution >= 4 is 21.4 Å². The Bertz CT molecular complexity index is 560. The maximum Gasteiger partial charge on any atom is 0.164 e. The molecule has 0 spiro atoms. The van der Waals surface area contributed by atoms with Gasteiger partial charge in [0.2, 0.25) is 0 Å². The van der Waals surface area contributed by atoms with Crippen LogP contribution in [0.3, 0.4) is 0 Å². The van der Waals surface area contributed by atoms with E-state index in [1.165, 1.54) is 7.11 Å². The first-order chi connectivity index (χ1) is 9.93. The summed E-state index contributed by atoms with van der Waals surface area (Å²) in [6.07, 6.45) is 1.18. The van der Waals surface area contributed by atoms with E-state index in [0.29, 0.717) is 35.9 Å². The van der Waals surface area contributed by atoms with Gasteiger partial charge in [0.1, 0.15) is 6.61 Å². The van der Waals surface area contributed by atoms with Crippen LogP contribution in [-0.2, 0) is 16.3 Å². The number of halogens is 1. The summed E-state index contributed by atoms with van der Waals surface area (Å²) in [4.78, 5) is 0. The number of ether oxygens (including phenoxy) is 2. The lowest BCUT2D eigenvalue weighted by Crippen LogP contribution is -2.17. The Hall–Kier alpha value is -0.980. The maximum atomic E-state index is 11.7. The van der Waals surface area contributed by atoms with Crippen LogP contribution >= 0.6 is 11.6 Å². The highest BCUT2D eigenvalue weighted by Gasteiger charge is 2.15. The fourth-order valence-corrected chi connectivity index (χ4v) is 3.36. The molecule has 0 amide bonds. The fourth-order valence-electron chi connectivity index (χ4n) is 1.96. The molecule has 0 bridgehead atoms. The molecule has 0 aliphatic heterocycles. The average Bonchev–Trinajstić information content (AvgIpc) is 2.40. The Morgan fingerprint density at radius 3 is 2.57 bits per heavy atom. The van der Waals surface area contributed by atoms with Crippen molar-refractivity contribution in [3.63, 3.8) is 0 Å². The molecule has 0 aromatic heterocycles. The van der Waals surface area contributed by atoms with Crippen LogP contribution in [-0.4, -0.2) is 40.2 Å². The quantitative estimate of drug-likeness (QED) is 0.747. The second-order valence-corrected chi connectivity index (χ2v) is 7.38. The third-order valence-electron chi connectivity index (χ3n) is 2.89. The van der Waals surface area contributed by atoms with Crippen LogP contribution in [0, 0.1) is 0 Å². The summed E-state index contributed by atoms with van der Waals surface area (Å²) < 4.78 is 34.2. The van der Waals surface area contributed by atoms with Crippen LogP contribution in [0.1, 0.15) is 18.9 Å². The second kappa shape index (κ2) is 8.46. The molecular weight excluding hydrogens is 314 g/mol. The van der Waals surface area contributed by atoms with Gasteiger partial charge in [-0.1, -0.05) is 18.5 Å². The molecule has 0 aliphatic rings. The molecule has 2 N–H and O–H groups in total. The van der Waals surface area contributed by atoms with Gasteiger partial charge in [-0.15, -0.1) is 0 Å². The normalized spacial score (nSPS) is 11.4. The molecule has 7 heteroatoms. The number of methoxy groups -OCH3 is 1. The van der Waals surface area contributed by atoms with Crippen molar-refractivity contribution in [2.45, 2.75) is 19.8 Å². The van der Waals surface area contributed by atoms with Gasteiger partial charge in [-0.2, -0.15) is 0 Å². The Labute approximate surface area is 131 Å². The number of sulfone groups is 1. The zero-order valence-corrected chi connectivity index (χ0v) is 14.0. The maximum absolute atomic E-state index is 11.7. The van der Waals surface area contributed by atoms with Gasteiger partial charge in [0.15, 0.2) is 21.3 Å². The first-order valence-electron chi connectivity index (χ1n) is 6.83. The predicted octanol–water partition coefficient (Wildman–Crippen LogP) is 2.05. The van der Waals surface area contributed by atoms with Crippen LogP contribution in [0.5, 0.6) is 11.5 Å². The Kier molecular flexibility index (Phi) is 7.28. The van der Waals surface area contributed by atoms with Crippen LogP contribution < -0.4 is 15.2 Å². The first kappa shape index (κ1) is 18.1. The van der Waals surface area contributed by atoms with E-state index in [2.05, 4.69) is 0 Å². The second-order valence-electron chi connectivity index (χ2n) is 4.64. The van der Waals surface area contributed by atoms with Crippen LogP contribution in [0.2, 0.25) is 5.02 Å². The van der Waals surface area contributed by atoms with E-state index in [1.54, 1.807) is 12.1 Å². The van der Waals surface area contributed by atoms with E-state index in [0.717, 1.165) is 5.56 Å². The molecule has 120 valence electrons. The zero-order chi connectivity index (χ0) is 15.9. The van der Waals surface area contributed by atoms with E-state index in [9.17, 15) is 8.42 Å².